The lowest BCUT2D eigenvalue weighted by Gasteiger charge is -2.38. The van der Waals surface area contributed by atoms with E-state index in [1.165, 1.54) is 0 Å². The van der Waals surface area contributed by atoms with Crippen molar-refractivity contribution in [2.24, 2.45) is 0 Å². The molecule has 0 saturated carbocycles. The molecule has 3 aromatic carbocycles. The van der Waals surface area contributed by atoms with Crippen molar-refractivity contribution in [3.8, 4) is 16.9 Å². The van der Waals surface area contributed by atoms with E-state index in [1.54, 1.807) is 0 Å². The topological polar surface area (TPSA) is 97.3 Å². The van der Waals surface area contributed by atoms with Gasteiger partial charge in [0.15, 0.2) is 0 Å². The van der Waals surface area contributed by atoms with Crippen molar-refractivity contribution in [1.82, 2.24) is 10.2 Å². The fraction of sp³-hybridized carbons (Fsp3) is 0.429. The molecule has 0 aliphatic carbocycles. The number of benzene rings is 3. The molecule has 0 aromatic heterocycles. The van der Waals surface area contributed by atoms with E-state index < -0.39 is 24.4 Å². The van der Waals surface area contributed by atoms with Gasteiger partial charge in [0.1, 0.15) is 5.75 Å². The Morgan fingerprint density at radius 3 is 2.34 bits per heavy atom. The van der Waals surface area contributed by atoms with Crippen LogP contribution in [-0.4, -0.2) is 60.0 Å². The number of piperidine rings is 1. The lowest BCUT2D eigenvalue weighted by molar-refractivity contribution is 0.00578. The third kappa shape index (κ3) is 5.37. The average molecular weight is 597 g/mol. The van der Waals surface area contributed by atoms with Gasteiger partial charge in [-0.1, -0.05) is 30.3 Å². The molecule has 3 aliphatic rings. The molecule has 2 saturated heterocycles. The molecule has 3 aliphatic heterocycles. The first kappa shape index (κ1) is 30.2. The summed E-state index contributed by atoms with van der Waals surface area (Å²) in [7, 11) is -0.457. The summed E-state index contributed by atoms with van der Waals surface area (Å²) in [5, 5.41) is 11.5. The Hall–Kier alpha value is -3.82. The maximum Gasteiger partial charge on any atom is 0.494 e. The number of likely N-dealkylation sites (tertiary alicyclic amines) is 1. The highest BCUT2D eigenvalue weighted by molar-refractivity contribution is 6.62. The molecule has 230 valence electrons. The van der Waals surface area contributed by atoms with Crippen LogP contribution in [0.2, 0.25) is 0 Å². The van der Waals surface area contributed by atoms with Crippen LogP contribution in [0.1, 0.15) is 73.1 Å². The number of carbonyl (C=O) groups excluding carboxylic acids is 1. The van der Waals surface area contributed by atoms with Crippen LogP contribution in [0.5, 0.6) is 5.75 Å². The van der Waals surface area contributed by atoms with Gasteiger partial charge in [0.05, 0.1) is 17.8 Å². The number of nitrogens with zero attached hydrogens (tertiary/aromatic N) is 1. The molecule has 3 aromatic rings. The Kier molecular flexibility index (Phi) is 7.53. The van der Waals surface area contributed by atoms with Crippen molar-refractivity contribution in [2.45, 2.75) is 77.5 Å². The third-order valence-electron chi connectivity index (χ3n) is 10.2. The number of aryl methyl sites for hydroxylation is 1. The van der Waals surface area contributed by atoms with Crippen LogP contribution in [0.25, 0.3) is 11.1 Å². The number of amides is 2. The Labute approximate surface area is 259 Å². The summed E-state index contributed by atoms with van der Waals surface area (Å²) >= 11 is 0. The number of rotatable bonds is 5. The monoisotopic (exact) mass is 596 g/mol. The molecule has 2 N–H and O–H groups in total. The first-order valence-electron chi connectivity index (χ1n) is 15.4. The fourth-order valence-corrected chi connectivity index (χ4v) is 6.55. The second-order valence-electron chi connectivity index (χ2n) is 13.5. The molecule has 2 amide bonds. The van der Waals surface area contributed by atoms with Gasteiger partial charge in [-0.2, -0.15) is 0 Å². The minimum Gasteiger partial charge on any atom is -0.492 e. The summed E-state index contributed by atoms with van der Waals surface area (Å²) in [6.45, 7) is 14.4. The Balaban J connectivity index is 1.20. The number of hydrogen-bond donors (Lipinski definition) is 2. The van der Waals surface area contributed by atoms with E-state index in [9.17, 15) is 9.59 Å². The fourth-order valence-electron chi connectivity index (χ4n) is 6.55. The summed E-state index contributed by atoms with van der Waals surface area (Å²) in [6.07, 6.45) is 0.528. The van der Waals surface area contributed by atoms with Crippen LogP contribution < -0.4 is 15.5 Å². The highest BCUT2D eigenvalue weighted by Crippen LogP contribution is 2.46. The van der Waals surface area contributed by atoms with Gasteiger partial charge in [-0.15, -0.1) is 0 Å². The molecule has 0 unspecified atom stereocenters. The molecule has 6 rings (SSSR count). The van der Waals surface area contributed by atoms with Crippen LogP contribution in [0.4, 0.5) is 4.79 Å². The van der Waals surface area contributed by atoms with Crippen LogP contribution >= 0.6 is 0 Å². The molecular weight excluding hydrogens is 555 g/mol. The predicted octanol–water partition coefficient (Wildman–Crippen LogP) is 5.60. The Morgan fingerprint density at radius 2 is 1.66 bits per heavy atom. The predicted molar refractivity (Wildman–Crippen MR) is 171 cm³/mol. The second-order valence-corrected chi connectivity index (χ2v) is 13.5. The van der Waals surface area contributed by atoms with Crippen molar-refractivity contribution in [3.05, 3.63) is 82.4 Å². The SMILES string of the molecule is Cc1cc(C(=O)N2CCC3(CC2)COc2ccc(CNC(=O)O)cc23)cc(-c2cccc(B3OC(C)(C)C(C)(C)O3)c2)c1C. The highest BCUT2D eigenvalue weighted by Gasteiger charge is 2.51. The Morgan fingerprint density at radius 1 is 0.955 bits per heavy atom. The lowest BCUT2D eigenvalue weighted by atomic mass is 9.74. The van der Waals surface area contributed by atoms with Gasteiger partial charge in [-0.05, 0) is 112 Å². The molecule has 0 radical (unpaired) electrons. The van der Waals surface area contributed by atoms with Crippen LogP contribution in [0.15, 0.2) is 54.6 Å². The maximum atomic E-state index is 13.9. The van der Waals surface area contributed by atoms with E-state index in [2.05, 4.69) is 65.1 Å². The molecule has 8 nitrogen and oxygen atoms in total. The molecule has 2 fully saturated rings. The van der Waals surface area contributed by atoms with E-state index in [0.29, 0.717) is 25.3 Å². The molecule has 44 heavy (non-hydrogen) atoms. The van der Waals surface area contributed by atoms with Crippen LogP contribution in [0.3, 0.4) is 0 Å². The van der Waals surface area contributed by atoms with E-state index in [1.807, 2.05) is 41.3 Å². The van der Waals surface area contributed by atoms with Crippen molar-refractivity contribution < 1.29 is 28.7 Å². The van der Waals surface area contributed by atoms with E-state index in [4.69, 9.17) is 19.2 Å². The molecule has 9 heteroatoms. The van der Waals surface area contributed by atoms with Gasteiger partial charge in [0.25, 0.3) is 5.91 Å². The average Bonchev–Trinajstić information content (AvgIpc) is 3.44. The maximum absolute atomic E-state index is 13.9. The van der Waals surface area contributed by atoms with Gasteiger partial charge in [0.2, 0.25) is 0 Å². The number of nitrogens with one attached hydrogen (secondary N) is 1. The first-order chi connectivity index (χ1) is 20.8. The summed E-state index contributed by atoms with van der Waals surface area (Å²) in [5.41, 5.74) is 6.90. The zero-order valence-corrected chi connectivity index (χ0v) is 26.5. The van der Waals surface area contributed by atoms with Gasteiger partial charge in [0, 0.05) is 36.2 Å². The summed E-state index contributed by atoms with van der Waals surface area (Å²) in [4.78, 5) is 26.8. The van der Waals surface area contributed by atoms with Gasteiger partial charge >= 0.3 is 13.2 Å². The molecule has 0 bridgehead atoms. The highest BCUT2D eigenvalue weighted by atomic mass is 16.7. The van der Waals surface area contributed by atoms with Crippen LogP contribution in [0, 0.1) is 13.8 Å². The zero-order chi connectivity index (χ0) is 31.4. The minimum atomic E-state index is -1.05. The number of carbonyl (C=O) groups is 2. The number of fused-ring (bicyclic) bond motifs is 2. The quantitative estimate of drug-likeness (QED) is 0.372. The molecular formula is C35H41BN2O6. The molecule has 0 atom stereocenters. The number of hydrogen-bond acceptors (Lipinski definition) is 5. The number of carboxylic acid groups (broad SMARTS) is 1. The third-order valence-corrected chi connectivity index (χ3v) is 10.2. The van der Waals surface area contributed by atoms with Gasteiger partial charge in [-0.3, -0.25) is 4.79 Å². The normalized spacial score (nSPS) is 19.5. The standard InChI is InChI=1S/C35H41BN2O6/c1-22-16-26(19-28(23(22)2)25-8-7-9-27(18-25)36-43-33(3,4)34(5,6)44-36)31(39)38-14-12-35(13-15-38)21-42-30-11-10-24(17-29(30)35)20-37-32(40)41/h7-11,16-19,37H,12-15,20-21H2,1-6H3,(H,40,41). The van der Waals surface area contributed by atoms with E-state index in [0.717, 1.165) is 57.4 Å². The van der Waals surface area contributed by atoms with Crippen molar-refractivity contribution in [3.63, 3.8) is 0 Å². The largest absolute Gasteiger partial charge is 0.494 e. The molecule has 3 heterocycles. The smallest absolute Gasteiger partial charge is 0.492 e. The van der Waals surface area contributed by atoms with Crippen molar-refractivity contribution in [2.75, 3.05) is 19.7 Å². The van der Waals surface area contributed by atoms with Gasteiger partial charge in [-0.25, -0.2) is 4.79 Å². The summed E-state index contributed by atoms with van der Waals surface area (Å²) < 4.78 is 18.7. The van der Waals surface area contributed by atoms with E-state index in [-0.39, 0.29) is 17.9 Å². The van der Waals surface area contributed by atoms with Crippen molar-refractivity contribution in [1.29, 1.82) is 0 Å². The van der Waals surface area contributed by atoms with Gasteiger partial charge < -0.3 is 29.4 Å². The second kappa shape index (κ2) is 11.0. The summed E-state index contributed by atoms with van der Waals surface area (Å²) in [6, 6.07) is 18.1. The lowest BCUT2D eigenvalue weighted by Crippen LogP contribution is -2.46. The Bertz CT molecular complexity index is 1610. The zero-order valence-electron chi connectivity index (χ0n) is 26.5. The molecule has 1 spiro atoms. The minimum absolute atomic E-state index is 0.0323. The number of ether oxygens (including phenoxy) is 1. The van der Waals surface area contributed by atoms with Crippen molar-refractivity contribution >= 4 is 24.6 Å². The summed E-state index contributed by atoms with van der Waals surface area (Å²) in [5.74, 6) is 0.885. The first-order valence-corrected chi connectivity index (χ1v) is 15.4. The van der Waals surface area contributed by atoms with Crippen LogP contribution in [-0.2, 0) is 21.3 Å². The van der Waals surface area contributed by atoms with E-state index >= 15 is 0 Å².